The molecular formula is C30H60. The summed E-state index contributed by atoms with van der Waals surface area (Å²) in [5.74, 6) is 2.11. The molecule has 0 heterocycles. The van der Waals surface area contributed by atoms with Crippen LogP contribution in [0.4, 0.5) is 0 Å². The van der Waals surface area contributed by atoms with Crippen LogP contribution in [-0.2, 0) is 0 Å². The fourth-order valence-corrected chi connectivity index (χ4v) is 5.90. The van der Waals surface area contributed by atoms with Crippen molar-refractivity contribution in [2.24, 2.45) is 11.8 Å². The second-order valence-corrected chi connectivity index (χ2v) is 10.7. The Labute approximate surface area is 192 Å². The molecule has 0 aromatic heterocycles. The second kappa shape index (κ2) is 22.2. The van der Waals surface area contributed by atoms with E-state index >= 15 is 0 Å². The SMILES string of the molecule is CCCCCCCCCCCCCCCCC(CCC)C1CCCCCCCCC1. The van der Waals surface area contributed by atoms with E-state index in [9.17, 15) is 0 Å². The fourth-order valence-electron chi connectivity index (χ4n) is 5.90. The minimum atomic E-state index is 1.05. The van der Waals surface area contributed by atoms with Crippen LogP contribution in [0.25, 0.3) is 0 Å². The maximum atomic E-state index is 2.42. The first-order valence-electron chi connectivity index (χ1n) is 14.9. The molecule has 0 spiro atoms. The molecule has 1 fully saturated rings. The smallest absolute Gasteiger partial charge is 0.0386 e. The number of rotatable bonds is 18. The van der Waals surface area contributed by atoms with E-state index in [-0.39, 0.29) is 0 Å². The van der Waals surface area contributed by atoms with Crippen molar-refractivity contribution in [3.63, 3.8) is 0 Å². The van der Waals surface area contributed by atoms with Crippen molar-refractivity contribution in [2.75, 3.05) is 0 Å². The monoisotopic (exact) mass is 420 g/mol. The predicted octanol–water partition coefficient (Wildman–Crippen LogP) is 11.4. The van der Waals surface area contributed by atoms with Gasteiger partial charge in [-0.2, -0.15) is 0 Å². The van der Waals surface area contributed by atoms with E-state index in [1.54, 1.807) is 12.8 Å². The first-order valence-corrected chi connectivity index (χ1v) is 14.9. The summed E-state index contributed by atoms with van der Waals surface area (Å²) in [6.45, 7) is 4.73. The molecule has 0 bridgehead atoms. The van der Waals surface area contributed by atoms with Gasteiger partial charge in [-0.25, -0.2) is 0 Å². The Balaban J connectivity index is 2.01. The maximum Gasteiger partial charge on any atom is -0.0386 e. The molecule has 1 aliphatic rings. The third-order valence-electron chi connectivity index (χ3n) is 7.90. The van der Waals surface area contributed by atoms with E-state index in [0.717, 1.165) is 11.8 Å². The van der Waals surface area contributed by atoms with E-state index in [0.29, 0.717) is 0 Å². The number of unbranched alkanes of at least 4 members (excludes halogenated alkanes) is 13. The van der Waals surface area contributed by atoms with Gasteiger partial charge in [-0.05, 0) is 11.8 Å². The standard InChI is InChI=1S/C30H60/c1-3-5-6-7-8-9-10-11-12-13-14-16-19-22-26-29(25-4-2)30-27-23-20-17-15-18-21-24-28-30/h29-30H,3-28H2,1-2H3. The summed E-state index contributed by atoms with van der Waals surface area (Å²) in [5, 5.41) is 0. The molecular weight excluding hydrogens is 360 g/mol. The van der Waals surface area contributed by atoms with Gasteiger partial charge in [-0.3, -0.25) is 0 Å². The summed E-state index contributed by atoms with van der Waals surface area (Å²) < 4.78 is 0. The summed E-state index contributed by atoms with van der Waals surface area (Å²) >= 11 is 0. The molecule has 0 N–H and O–H groups in total. The van der Waals surface area contributed by atoms with Crippen LogP contribution in [0.3, 0.4) is 0 Å². The van der Waals surface area contributed by atoms with Crippen LogP contribution < -0.4 is 0 Å². The van der Waals surface area contributed by atoms with Crippen molar-refractivity contribution >= 4 is 0 Å². The topological polar surface area (TPSA) is 0 Å². The molecule has 1 rings (SSSR count). The van der Waals surface area contributed by atoms with Crippen molar-refractivity contribution in [3.05, 3.63) is 0 Å². The van der Waals surface area contributed by atoms with Crippen molar-refractivity contribution in [2.45, 2.75) is 181 Å². The molecule has 0 heteroatoms. The van der Waals surface area contributed by atoms with Gasteiger partial charge in [0.1, 0.15) is 0 Å². The Morgan fingerprint density at radius 3 is 1.27 bits per heavy atom. The van der Waals surface area contributed by atoms with Gasteiger partial charge >= 0.3 is 0 Å². The van der Waals surface area contributed by atoms with E-state index in [2.05, 4.69) is 13.8 Å². The lowest BCUT2D eigenvalue weighted by Crippen LogP contribution is -2.16. The molecule has 0 radical (unpaired) electrons. The summed E-state index contributed by atoms with van der Waals surface area (Å²) in [6, 6.07) is 0. The van der Waals surface area contributed by atoms with Gasteiger partial charge in [0.15, 0.2) is 0 Å². The third-order valence-corrected chi connectivity index (χ3v) is 7.90. The van der Waals surface area contributed by atoms with Gasteiger partial charge in [-0.1, -0.05) is 181 Å². The zero-order valence-corrected chi connectivity index (χ0v) is 21.5. The summed E-state index contributed by atoms with van der Waals surface area (Å²) in [7, 11) is 0. The van der Waals surface area contributed by atoms with Crippen molar-refractivity contribution in [3.8, 4) is 0 Å². The Kier molecular flexibility index (Phi) is 20.7. The molecule has 180 valence electrons. The van der Waals surface area contributed by atoms with Gasteiger partial charge in [0, 0.05) is 0 Å². The van der Waals surface area contributed by atoms with Crippen LogP contribution in [0.15, 0.2) is 0 Å². The lowest BCUT2D eigenvalue weighted by atomic mass is 9.78. The molecule has 1 unspecified atom stereocenters. The highest BCUT2D eigenvalue weighted by Crippen LogP contribution is 2.33. The lowest BCUT2D eigenvalue weighted by Gasteiger charge is -2.28. The quantitative estimate of drug-likeness (QED) is 0.193. The first-order chi connectivity index (χ1) is 14.9. The lowest BCUT2D eigenvalue weighted by molar-refractivity contribution is 0.237. The molecule has 30 heavy (non-hydrogen) atoms. The largest absolute Gasteiger partial charge is 0.0654 e. The Hall–Kier alpha value is 0. The molecule has 1 saturated carbocycles. The third kappa shape index (κ3) is 16.7. The maximum absolute atomic E-state index is 2.42. The minimum Gasteiger partial charge on any atom is -0.0654 e. The molecule has 0 nitrogen and oxygen atoms in total. The van der Waals surface area contributed by atoms with Crippen LogP contribution in [0.5, 0.6) is 0 Å². The van der Waals surface area contributed by atoms with Gasteiger partial charge < -0.3 is 0 Å². The fraction of sp³-hybridized carbons (Fsp3) is 1.00. The van der Waals surface area contributed by atoms with Crippen LogP contribution in [0.2, 0.25) is 0 Å². The van der Waals surface area contributed by atoms with Crippen molar-refractivity contribution in [1.82, 2.24) is 0 Å². The highest BCUT2D eigenvalue weighted by Gasteiger charge is 2.20. The molecule has 0 aromatic carbocycles. The van der Waals surface area contributed by atoms with Gasteiger partial charge in [-0.15, -0.1) is 0 Å². The number of hydrogen-bond acceptors (Lipinski definition) is 0. The highest BCUT2D eigenvalue weighted by molar-refractivity contribution is 4.72. The molecule has 0 saturated heterocycles. The van der Waals surface area contributed by atoms with Crippen LogP contribution in [0, 0.1) is 11.8 Å². The van der Waals surface area contributed by atoms with E-state index < -0.39 is 0 Å². The Morgan fingerprint density at radius 2 is 0.833 bits per heavy atom. The Morgan fingerprint density at radius 1 is 0.433 bits per heavy atom. The van der Waals surface area contributed by atoms with E-state index in [1.165, 1.54) is 154 Å². The second-order valence-electron chi connectivity index (χ2n) is 10.7. The summed E-state index contributed by atoms with van der Waals surface area (Å²) in [5.41, 5.74) is 0. The normalized spacial score (nSPS) is 17.8. The van der Waals surface area contributed by atoms with Crippen LogP contribution in [0.1, 0.15) is 181 Å². The average Bonchev–Trinajstić information content (AvgIpc) is 2.77. The van der Waals surface area contributed by atoms with Gasteiger partial charge in [0.25, 0.3) is 0 Å². The molecule has 0 aromatic rings. The van der Waals surface area contributed by atoms with E-state index in [4.69, 9.17) is 0 Å². The van der Waals surface area contributed by atoms with Gasteiger partial charge in [0.2, 0.25) is 0 Å². The molecule has 1 atom stereocenters. The number of hydrogen-bond donors (Lipinski definition) is 0. The van der Waals surface area contributed by atoms with E-state index in [1.807, 2.05) is 0 Å². The molecule has 0 amide bonds. The van der Waals surface area contributed by atoms with Crippen molar-refractivity contribution < 1.29 is 0 Å². The first kappa shape index (κ1) is 28.0. The zero-order chi connectivity index (χ0) is 21.5. The summed E-state index contributed by atoms with van der Waals surface area (Å²) in [6.07, 6.45) is 38.8. The zero-order valence-electron chi connectivity index (χ0n) is 21.5. The molecule has 1 aliphatic carbocycles. The highest BCUT2D eigenvalue weighted by atomic mass is 14.3. The van der Waals surface area contributed by atoms with Crippen LogP contribution in [-0.4, -0.2) is 0 Å². The van der Waals surface area contributed by atoms with Gasteiger partial charge in [0.05, 0.1) is 0 Å². The van der Waals surface area contributed by atoms with Crippen molar-refractivity contribution in [1.29, 1.82) is 0 Å². The molecule has 0 aliphatic heterocycles. The minimum absolute atomic E-state index is 1.05. The average molecular weight is 421 g/mol. The van der Waals surface area contributed by atoms with Crippen LogP contribution >= 0.6 is 0 Å². The predicted molar refractivity (Wildman–Crippen MR) is 138 cm³/mol. The summed E-state index contributed by atoms with van der Waals surface area (Å²) in [4.78, 5) is 0. The Bertz CT molecular complexity index is 310.